The van der Waals surface area contributed by atoms with Crippen LogP contribution in [0.4, 0.5) is 5.82 Å². The minimum atomic E-state index is -0.0740. The fraction of sp³-hybridized carbons (Fsp3) is 0.647. The summed E-state index contributed by atoms with van der Waals surface area (Å²) in [6.07, 6.45) is 3.52. The number of rotatable bonds is 6. The van der Waals surface area contributed by atoms with Crippen LogP contribution in [0.15, 0.2) is 12.1 Å². The summed E-state index contributed by atoms with van der Waals surface area (Å²) in [6.45, 7) is 10.1. The zero-order valence-electron chi connectivity index (χ0n) is 13.6. The van der Waals surface area contributed by atoms with E-state index in [2.05, 4.69) is 43.3 Å². The minimum absolute atomic E-state index is 0.00866. The summed E-state index contributed by atoms with van der Waals surface area (Å²) in [5, 5.41) is 6.32. The average Bonchev–Trinajstić information content (AvgIpc) is 3.25. The lowest BCUT2D eigenvalue weighted by Crippen LogP contribution is -2.26. The lowest BCUT2D eigenvalue weighted by atomic mass is 9.90. The van der Waals surface area contributed by atoms with Gasteiger partial charge in [-0.3, -0.25) is 4.79 Å². The van der Waals surface area contributed by atoms with Gasteiger partial charge in [-0.2, -0.15) is 0 Å². The molecule has 1 amide bonds. The Morgan fingerprint density at radius 1 is 1.33 bits per heavy atom. The molecule has 0 atom stereocenters. The van der Waals surface area contributed by atoms with Crippen molar-refractivity contribution >= 4 is 11.7 Å². The summed E-state index contributed by atoms with van der Waals surface area (Å²) in [5.41, 5.74) is 1.57. The molecule has 0 aliphatic heterocycles. The standard InChI is InChI=1S/C17H27N3O/c1-5-8-18-15-10-13(9-14(20-15)17(2,3)4)16(21)19-11-12-6-7-12/h9-10,12H,5-8,11H2,1-4H3,(H,18,20)(H,19,21). The molecule has 0 bridgehead atoms. The highest BCUT2D eigenvalue weighted by Gasteiger charge is 2.23. The Morgan fingerprint density at radius 3 is 2.62 bits per heavy atom. The van der Waals surface area contributed by atoms with E-state index in [0.717, 1.165) is 31.0 Å². The number of aromatic nitrogens is 1. The molecule has 0 radical (unpaired) electrons. The highest BCUT2D eigenvalue weighted by Crippen LogP contribution is 2.28. The largest absolute Gasteiger partial charge is 0.370 e. The molecule has 4 heteroatoms. The molecular weight excluding hydrogens is 262 g/mol. The van der Waals surface area contributed by atoms with E-state index in [1.807, 2.05) is 12.1 Å². The van der Waals surface area contributed by atoms with Gasteiger partial charge in [0.1, 0.15) is 5.82 Å². The number of carbonyl (C=O) groups excluding carboxylic acids is 1. The third kappa shape index (κ3) is 4.73. The van der Waals surface area contributed by atoms with Gasteiger partial charge in [0.15, 0.2) is 0 Å². The summed E-state index contributed by atoms with van der Waals surface area (Å²) in [7, 11) is 0. The van der Waals surface area contributed by atoms with Gasteiger partial charge in [0.05, 0.1) is 0 Å². The number of nitrogens with one attached hydrogen (secondary N) is 2. The maximum absolute atomic E-state index is 12.3. The predicted molar refractivity (Wildman–Crippen MR) is 86.8 cm³/mol. The molecule has 0 aromatic carbocycles. The van der Waals surface area contributed by atoms with E-state index in [9.17, 15) is 4.79 Å². The van der Waals surface area contributed by atoms with Gasteiger partial charge >= 0.3 is 0 Å². The Morgan fingerprint density at radius 2 is 2.05 bits per heavy atom. The van der Waals surface area contributed by atoms with Crippen LogP contribution in [-0.4, -0.2) is 24.0 Å². The number of anilines is 1. The first-order chi connectivity index (χ1) is 9.90. The maximum atomic E-state index is 12.3. The van der Waals surface area contributed by atoms with E-state index in [4.69, 9.17) is 0 Å². The van der Waals surface area contributed by atoms with E-state index in [0.29, 0.717) is 11.5 Å². The zero-order chi connectivity index (χ0) is 15.5. The molecule has 1 heterocycles. The Kier molecular flexibility index (Phi) is 4.86. The Labute approximate surface area is 127 Å². The molecule has 1 fully saturated rings. The van der Waals surface area contributed by atoms with E-state index in [1.54, 1.807) is 0 Å². The number of hydrogen-bond acceptors (Lipinski definition) is 3. The molecule has 2 rings (SSSR count). The van der Waals surface area contributed by atoms with Crippen LogP contribution >= 0.6 is 0 Å². The Balaban J connectivity index is 2.18. The summed E-state index contributed by atoms with van der Waals surface area (Å²) >= 11 is 0. The topological polar surface area (TPSA) is 54.0 Å². The van der Waals surface area contributed by atoms with Crippen LogP contribution in [0.25, 0.3) is 0 Å². The quantitative estimate of drug-likeness (QED) is 0.844. The van der Waals surface area contributed by atoms with Crippen LogP contribution in [0.2, 0.25) is 0 Å². The number of hydrogen-bond donors (Lipinski definition) is 2. The fourth-order valence-electron chi connectivity index (χ4n) is 2.05. The van der Waals surface area contributed by atoms with Gasteiger partial charge in [-0.25, -0.2) is 4.98 Å². The van der Waals surface area contributed by atoms with Gasteiger partial charge in [-0.15, -0.1) is 0 Å². The van der Waals surface area contributed by atoms with Crippen LogP contribution in [0.3, 0.4) is 0 Å². The smallest absolute Gasteiger partial charge is 0.251 e. The van der Waals surface area contributed by atoms with Crippen LogP contribution in [0, 0.1) is 5.92 Å². The van der Waals surface area contributed by atoms with Crippen molar-refractivity contribution < 1.29 is 4.79 Å². The van der Waals surface area contributed by atoms with Crippen molar-refractivity contribution in [3.8, 4) is 0 Å². The van der Waals surface area contributed by atoms with Crippen molar-refractivity contribution in [2.45, 2.75) is 52.4 Å². The summed E-state index contributed by atoms with van der Waals surface area (Å²) < 4.78 is 0. The highest BCUT2D eigenvalue weighted by molar-refractivity contribution is 5.95. The average molecular weight is 289 g/mol. The van der Waals surface area contributed by atoms with E-state index < -0.39 is 0 Å². The molecule has 1 saturated carbocycles. The summed E-state index contributed by atoms with van der Waals surface area (Å²) in [4.78, 5) is 17.0. The molecule has 0 saturated heterocycles. The van der Waals surface area contributed by atoms with Crippen molar-refractivity contribution in [1.82, 2.24) is 10.3 Å². The number of carbonyl (C=O) groups is 1. The normalized spacial score (nSPS) is 14.9. The third-order valence-electron chi connectivity index (χ3n) is 3.66. The molecule has 2 N–H and O–H groups in total. The van der Waals surface area contributed by atoms with Gasteiger partial charge in [0.25, 0.3) is 5.91 Å². The van der Waals surface area contributed by atoms with Crippen molar-refractivity contribution in [3.63, 3.8) is 0 Å². The first-order valence-electron chi connectivity index (χ1n) is 7.94. The Hall–Kier alpha value is -1.58. The molecule has 1 aromatic rings. The molecule has 0 unspecified atom stereocenters. The number of amides is 1. The number of pyridine rings is 1. The van der Waals surface area contributed by atoms with E-state index in [-0.39, 0.29) is 11.3 Å². The van der Waals surface area contributed by atoms with Crippen molar-refractivity contribution in [2.24, 2.45) is 5.92 Å². The van der Waals surface area contributed by atoms with Gasteiger partial charge in [0, 0.05) is 29.8 Å². The third-order valence-corrected chi connectivity index (χ3v) is 3.66. The van der Waals surface area contributed by atoms with Gasteiger partial charge in [-0.1, -0.05) is 27.7 Å². The molecule has 21 heavy (non-hydrogen) atoms. The van der Waals surface area contributed by atoms with Crippen LogP contribution in [0.1, 0.15) is 63.0 Å². The molecule has 4 nitrogen and oxygen atoms in total. The monoisotopic (exact) mass is 289 g/mol. The van der Waals surface area contributed by atoms with Gasteiger partial charge in [-0.05, 0) is 37.3 Å². The van der Waals surface area contributed by atoms with E-state index in [1.165, 1.54) is 12.8 Å². The van der Waals surface area contributed by atoms with Crippen molar-refractivity contribution in [3.05, 3.63) is 23.4 Å². The zero-order valence-corrected chi connectivity index (χ0v) is 13.6. The molecular formula is C17H27N3O. The predicted octanol–water partition coefficient (Wildman–Crippen LogP) is 3.34. The number of nitrogens with zero attached hydrogens (tertiary/aromatic N) is 1. The summed E-state index contributed by atoms with van der Waals surface area (Å²) in [6, 6.07) is 3.77. The van der Waals surface area contributed by atoms with E-state index >= 15 is 0 Å². The molecule has 1 aliphatic rings. The lowest BCUT2D eigenvalue weighted by molar-refractivity contribution is 0.0951. The lowest BCUT2D eigenvalue weighted by Gasteiger charge is -2.20. The Bertz CT molecular complexity index is 501. The van der Waals surface area contributed by atoms with Gasteiger partial charge in [0.2, 0.25) is 0 Å². The molecule has 1 aliphatic carbocycles. The van der Waals surface area contributed by atoms with Crippen LogP contribution < -0.4 is 10.6 Å². The summed E-state index contributed by atoms with van der Waals surface area (Å²) in [5.74, 6) is 1.49. The van der Waals surface area contributed by atoms with Crippen LogP contribution in [0.5, 0.6) is 0 Å². The second kappa shape index (κ2) is 6.46. The van der Waals surface area contributed by atoms with Crippen LogP contribution in [-0.2, 0) is 5.41 Å². The molecule has 0 spiro atoms. The second-order valence-corrected chi connectivity index (χ2v) is 6.96. The maximum Gasteiger partial charge on any atom is 0.251 e. The first kappa shape index (κ1) is 15.8. The minimum Gasteiger partial charge on any atom is -0.370 e. The SMILES string of the molecule is CCCNc1cc(C(=O)NCC2CC2)cc(C(C)(C)C)n1. The molecule has 116 valence electrons. The van der Waals surface area contributed by atoms with Crippen molar-refractivity contribution in [1.29, 1.82) is 0 Å². The highest BCUT2D eigenvalue weighted by atomic mass is 16.1. The second-order valence-electron chi connectivity index (χ2n) is 6.96. The van der Waals surface area contributed by atoms with Gasteiger partial charge < -0.3 is 10.6 Å². The van der Waals surface area contributed by atoms with Crippen molar-refractivity contribution in [2.75, 3.05) is 18.4 Å². The fourth-order valence-corrected chi connectivity index (χ4v) is 2.05. The first-order valence-corrected chi connectivity index (χ1v) is 7.94. The molecule has 1 aromatic heterocycles.